The fraction of sp³-hybridized carbons (Fsp3) is 0.571. The minimum atomic E-state index is 0.192. The zero-order valence-electron chi connectivity index (χ0n) is 23.1. The third-order valence-electron chi connectivity index (χ3n) is 7.59. The van der Waals surface area contributed by atoms with Crippen LogP contribution in [0.25, 0.3) is 22.1 Å². The molecular weight excluding hydrogens is 480 g/mol. The molecule has 0 atom stereocenters. The molecule has 2 aliphatic rings. The third-order valence-corrected chi connectivity index (χ3v) is 7.59. The molecule has 4 aromatic rings. The monoisotopic (exact) mass is 518 g/mol. The summed E-state index contributed by atoms with van der Waals surface area (Å²) in [5.41, 5.74) is 4.71. The van der Waals surface area contributed by atoms with Crippen molar-refractivity contribution in [3.05, 3.63) is 29.8 Å². The molecule has 0 unspecified atom stereocenters. The van der Waals surface area contributed by atoms with Gasteiger partial charge in [0, 0.05) is 48.5 Å². The summed E-state index contributed by atoms with van der Waals surface area (Å²) >= 11 is 0. The molecule has 0 spiro atoms. The van der Waals surface area contributed by atoms with Crippen LogP contribution in [0.15, 0.2) is 18.5 Å². The van der Waals surface area contributed by atoms with E-state index in [1.165, 1.54) is 0 Å². The highest BCUT2D eigenvalue weighted by Crippen LogP contribution is 2.38. The Morgan fingerprint density at radius 2 is 1.95 bits per heavy atom. The normalized spacial score (nSPS) is 15.7. The Morgan fingerprint density at radius 1 is 1.21 bits per heavy atom. The lowest BCUT2D eigenvalue weighted by Crippen LogP contribution is -2.36. The number of ether oxygens (including phenoxy) is 1. The number of anilines is 2. The molecule has 0 radical (unpaired) electrons. The average molecular weight is 519 g/mol. The average Bonchev–Trinajstić information content (AvgIpc) is 3.78. The van der Waals surface area contributed by atoms with Crippen LogP contribution in [-0.2, 0) is 36.1 Å². The number of aromatic nitrogens is 6. The van der Waals surface area contributed by atoms with Crippen molar-refractivity contribution >= 4 is 39.6 Å². The fourth-order valence-corrected chi connectivity index (χ4v) is 5.50. The molecule has 10 nitrogen and oxygen atoms in total. The predicted molar refractivity (Wildman–Crippen MR) is 148 cm³/mol. The molecule has 4 aromatic heterocycles. The molecule has 4 heterocycles. The maximum Gasteiger partial charge on any atom is 0.229 e. The third kappa shape index (κ3) is 4.66. The molecule has 1 N–H and O–H groups in total. The highest BCUT2D eigenvalue weighted by Gasteiger charge is 2.42. The van der Waals surface area contributed by atoms with E-state index >= 15 is 0 Å². The van der Waals surface area contributed by atoms with Crippen molar-refractivity contribution in [2.75, 3.05) is 11.9 Å². The van der Waals surface area contributed by atoms with Crippen LogP contribution in [-0.4, -0.2) is 64.5 Å². The number of nitrogens with one attached hydrogen (secondary N) is 1. The van der Waals surface area contributed by atoms with Crippen molar-refractivity contribution < 1.29 is 9.53 Å². The van der Waals surface area contributed by atoms with Gasteiger partial charge in [-0.2, -0.15) is 5.10 Å². The molecule has 6 rings (SSSR count). The standard InChI is InChI=1S/C28H38N8O2/c1-6-34-21(15-24(37)36(19-7-8-19)20-9-10-20)14-22-26-25(29-16-33(26)5)27(31-28(22)34)30-23-13-18(4)35(32-23)11-12-38-17(2)3/h13-14,16-17,19-20H,6-12,15H2,1-5H3,(H,30,31,32). The number of hydrogen-bond acceptors (Lipinski definition) is 6. The second kappa shape index (κ2) is 9.72. The number of fused-ring (bicyclic) bond motifs is 3. The summed E-state index contributed by atoms with van der Waals surface area (Å²) in [4.78, 5) is 25.3. The largest absolute Gasteiger partial charge is 0.377 e. The topological polar surface area (TPSA) is 95.0 Å². The SMILES string of the molecule is CCn1c(CC(=O)N(C2CC2)C2CC2)cc2c3c(ncn3C)c(Nc3cc(C)n(CCOC(C)C)n3)nc21. The number of amides is 1. The van der Waals surface area contributed by atoms with Gasteiger partial charge in [-0.3, -0.25) is 9.48 Å². The lowest BCUT2D eigenvalue weighted by Gasteiger charge is -2.22. The Bertz CT molecular complexity index is 1480. The van der Waals surface area contributed by atoms with Gasteiger partial charge in [-0.05, 0) is 59.4 Å². The molecule has 38 heavy (non-hydrogen) atoms. The van der Waals surface area contributed by atoms with Crippen LogP contribution >= 0.6 is 0 Å². The Kier molecular flexibility index (Phi) is 6.37. The summed E-state index contributed by atoms with van der Waals surface area (Å²) in [6, 6.07) is 5.06. The lowest BCUT2D eigenvalue weighted by atomic mass is 10.2. The van der Waals surface area contributed by atoms with Gasteiger partial charge in [-0.1, -0.05) is 0 Å². The van der Waals surface area contributed by atoms with Crippen LogP contribution in [0, 0.1) is 6.92 Å². The first-order valence-electron chi connectivity index (χ1n) is 13.9. The minimum absolute atomic E-state index is 0.192. The van der Waals surface area contributed by atoms with E-state index in [1.54, 1.807) is 0 Å². The van der Waals surface area contributed by atoms with E-state index in [-0.39, 0.29) is 12.0 Å². The molecule has 0 aliphatic heterocycles. The van der Waals surface area contributed by atoms with Gasteiger partial charge in [0.1, 0.15) is 11.2 Å². The summed E-state index contributed by atoms with van der Waals surface area (Å²) in [7, 11) is 2.00. The van der Waals surface area contributed by atoms with Crippen molar-refractivity contribution in [1.82, 2.24) is 33.8 Å². The van der Waals surface area contributed by atoms with Crippen molar-refractivity contribution in [3.8, 4) is 0 Å². The quantitative estimate of drug-likeness (QED) is 0.318. The maximum absolute atomic E-state index is 13.4. The van der Waals surface area contributed by atoms with E-state index in [4.69, 9.17) is 14.8 Å². The van der Waals surface area contributed by atoms with Crippen LogP contribution < -0.4 is 5.32 Å². The van der Waals surface area contributed by atoms with E-state index in [1.807, 2.05) is 49.5 Å². The molecular formula is C28H38N8O2. The zero-order chi connectivity index (χ0) is 26.6. The lowest BCUT2D eigenvalue weighted by molar-refractivity contribution is -0.131. The molecule has 202 valence electrons. The van der Waals surface area contributed by atoms with Gasteiger partial charge in [0.15, 0.2) is 11.6 Å². The number of carbonyl (C=O) groups is 1. The van der Waals surface area contributed by atoms with Gasteiger partial charge >= 0.3 is 0 Å². The van der Waals surface area contributed by atoms with Crippen LogP contribution in [0.3, 0.4) is 0 Å². The second-order valence-electron chi connectivity index (χ2n) is 11.0. The zero-order valence-corrected chi connectivity index (χ0v) is 23.1. The van der Waals surface area contributed by atoms with Crippen molar-refractivity contribution in [3.63, 3.8) is 0 Å². The van der Waals surface area contributed by atoms with Gasteiger partial charge in [-0.15, -0.1) is 0 Å². The van der Waals surface area contributed by atoms with E-state index in [2.05, 4.69) is 32.8 Å². The molecule has 10 heteroatoms. The first kappa shape index (κ1) is 24.9. The van der Waals surface area contributed by atoms with E-state index in [0.29, 0.717) is 37.5 Å². The van der Waals surface area contributed by atoms with Crippen molar-refractivity contribution in [2.45, 2.75) is 91.1 Å². The molecule has 2 aliphatic carbocycles. The molecule has 0 aromatic carbocycles. The Labute approximate surface area is 223 Å². The first-order chi connectivity index (χ1) is 18.3. The highest BCUT2D eigenvalue weighted by molar-refractivity contribution is 6.07. The van der Waals surface area contributed by atoms with E-state index in [9.17, 15) is 4.79 Å². The highest BCUT2D eigenvalue weighted by atomic mass is 16.5. The summed E-state index contributed by atoms with van der Waals surface area (Å²) in [5, 5.41) is 9.19. The Balaban J connectivity index is 1.34. The van der Waals surface area contributed by atoms with Crippen molar-refractivity contribution in [2.24, 2.45) is 7.05 Å². The van der Waals surface area contributed by atoms with Crippen LogP contribution in [0.4, 0.5) is 11.6 Å². The summed E-state index contributed by atoms with van der Waals surface area (Å²) in [5.74, 6) is 1.63. The van der Waals surface area contributed by atoms with Crippen LogP contribution in [0.5, 0.6) is 0 Å². The van der Waals surface area contributed by atoms with Gasteiger partial charge < -0.3 is 24.1 Å². The Hall–Kier alpha value is -3.40. The number of nitrogens with zero attached hydrogens (tertiary/aromatic N) is 7. The number of aryl methyl sites for hydroxylation is 3. The van der Waals surface area contributed by atoms with Gasteiger partial charge in [0.2, 0.25) is 5.91 Å². The predicted octanol–water partition coefficient (Wildman–Crippen LogP) is 4.31. The molecule has 2 fully saturated rings. The Morgan fingerprint density at radius 3 is 2.61 bits per heavy atom. The summed E-state index contributed by atoms with van der Waals surface area (Å²) < 4.78 is 11.9. The van der Waals surface area contributed by atoms with E-state index < -0.39 is 0 Å². The summed E-state index contributed by atoms with van der Waals surface area (Å²) in [6.07, 6.45) is 6.99. The number of pyridine rings is 1. The maximum atomic E-state index is 13.4. The molecule has 0 bridgehead atoms. The van der Waals surface area contributed by atoms with Crippen molar-refractivity contribution in [1.29, 1.82) is 0 Å². The number of imidazole rings is 1. The second-order valence-corrected chi connectivity index (χ2v) is 11.0. The van der Waals surface area contributed by atoms with Gasteiger partial charge in [0.25, 0.3) is 0 Å². The van der Waals surface area contributed by atoms with Gasteiger partial charge in [0.05, 0.1) is 37.5 Å². The van der Waals surface area contributed by atoms with Crippen LogP contribution in [0.2, 0.25) is 0 Å². The summed E-state index contributed by atoms with van der Waals surface area (Å²) in [6.45, 7) is 10.3. The van der Waals surface area contributed by atoms with Crippen LogP contribution in [0.1, 0.15) is 57.8 Å². The number of carbonyl (C=O) groups excluding carboxylic acids is 1. The fourth-order valence-electron chi connectivity index (χ4n) is 5.50. The smallest absolute Gasteiger partial charge is 0.229 e. The number of rotatable bonds is 11. The molecule has 1 amide bonds. The number of hydrogen-bond donors (Lipinski definition) is 1. The minimum Gasteiger partial charge on any atom is -0.377 e. The molecule has 2 saturated carbocycles. The first-order valence-corrected chi connectivity index (χ1v) is 13.9. The molecule has 0 saturated heterocycles. The van der Waals surface area contributed by atoms with E-state index in [0.717, 1.165) is 71.5 Å². The van der Waals surface area contributed by atoms with Gasteiger partial charge in [-0.25, -0.2) is 9.97 Å².